The molecule has 0 aliphatic rings. The normalized spacial score (nSPS) is 14.6. The molecule has 3 aromatic rings. The first-order chi connectivity index (χ1) is 14.8. The number of hydrogen-bond acceptors (Lipinski definition) is 6. The molecule has 0 spiro atoms. The maximum absolute atomic E-state index is 13.3. The highest BCUT2D eigenvalue weighted by Crippen LogP contribution is 2.40. The van der Waals surface area contributed by atoms with Crippen LogP contribution in [-0.4, -0.2) is 45.8 Å². The van der Waals surface area contributed by atoms with E-state index in [1.807, 2.05) is 5.32 Å². The zero-order valence-corrected chi connectivity index (χ0v) is 15.8. The molecule has 3 heterocycles. The number of carbonyl (C=O) groups is 1. The van der Waals surface area contributed by atoms with Gasteiger partial charge in [-0.05, 0) is 13.0 Å². The minimum absolute atomic E-state index is 0.00633. The summed E-state index contributed by atoms with van der Waals surface area (Å²) < 4.78 is 68.0. The molecule has 29 heavy (non-hydrogen) atoms. The summed E-state index contributed by atoms with van der Waals surface area (Å²) in [6.45, 7) is -1.77. The number of alkyl halides is 3. The second kappa shape index (κ2) is 7.74. The van der Waals surface area contributed by atoms with Crippen LogP contribution in [0.1, 0.15) is 32.9 Å². The minimum atomic E-state index is -4.52. The van der Waals surface area contributed by atoms with Gasteiger partial charge < -0.3 is 15.4 Å². The highest BCUT2D eigenvalue weighted by atomic mass is 35.5. The van der Waals surface area contributed by atoms with Gasteiger partial charge in [-0.1, -0.05) is 11.6 Å². The summed E-state index contributed by atoms with van der Waals surface area (Å²) in [5.41, 5.74) is -0.310. The number of anilines is 2. The molecular weight excluding hydrogens is 413 g/mol. The van der Waals surface area contributed by atoms with Gasteiger partial charge >= 0.3 is 6.18 Å². The number of halogens is 4. The summed E-state index contributed by atoms with van der Waals surface area (Å²) in [4.78, 5) is 20.2. The topological polar surface area (TPSA) is 93.4 Å². The van der Waals surface area contributed by atoms with Crippen LogP contribution in [-0.2, 0) is 0 Å². The fourth-order valence-electron chi connectivity index (χ4n) is 2.67. The van der Waals surface area contributed by atoms with E-state index in [-0.39, 0.29) is 39.1 Å². The van der Waals surface area contributed by atoms with Crippen LogP contribution in [0.3, 0.4) is 0 Å². The van der Waals surface area contributed by atoms with Gasteiger partial charge in [0, 0.05) is 22.8 Å². The van der Waals surface area contributed by atoms with Crippen molar-refractivity contribution in [2.45, 2.75) is 19.0 Å². The number of carbonyl (C=O) groups excluding carboxylic acids is 1. The predicted molar refractivity (Wildman–Crippen MR) is 99.9 cm³/mol. The predicted octanol–water partition coefficient (Wildman–Crippen LogP) is 3.56. The average Bonchev–Trinajstić information content (AvgIpc) is 3.09. The number of methoxy groups -OCH3 is 1. The number of ether oxygens (including phenoxy) is 1. The van der Waals surface area contributed by atoms with E-state index in [1.54, 1.807) is 0 Å². The summed E-state index contributed by atoms with van der Waals surface area (Å²) in [5.74, 6) is -2.96. The number of nitrogens with zero attached hydrogens (tertiary/aromatic N) is 4. The van der Waals surface area contributed by atoms with Crippen LogP contribution < -0.4 is 15.4 Å². The van der Waals surface area contributed by atoms with Crippen LogP contribution >= 0.6 is 11.6 Å². The van der Waals surface area contributed by atoms with Gasteiger partial charge in [-0.3, -0.25) is 4.79 Å². The third kappa shape index (κ3) is 3.90. The Hall–Kier alpha value is -3.08. The first kappa shape index (κ1) is 16.8. The second-order valence-electron chi connectivity index (χ2n) is 5.91. The van der Waals surface area contributed by atoms with Crippen LogP contribution in [0.2, 0.25) is 5.15 Å². The molecule has 0 saturated carbocycles. The molecule has 0 aliphatic heterocycles. The molecule has 0 aliphatic carbocycles. The minimum Gasteiger partial charge on any atom is -0.491 e. The Kier molecular flexibility index (Phi) is 4.49. The lowest BCUT2D eigenvalue weighted by Gasteiger charge is -2.17. The highest BCUT2D eigenvalue weighted by Gasteiger charge is 2.39. The Morgan fingerprint density at radius 2 is 2.14 bits per heavy atom. The van der Waals surface area contributed by atoms with Gasteiger partial charge in [-0.25, -0.2) is 14.5 Å². The molecule has 2 N–H and O–H groups in total. The first-order valence-corrected chi connectivity index (χ1v) is 8.41. The molecule has 0 aromatic carbocycles. The van der Waals surface area contributed by atoms with Gasteiger partial charge in [0.1, 0.15) is 17.0 Å². The number of fused-ring (bicyclic) bond motifs is 1. The van der Waals surface area contributed by atoms with Crippen molar-refractivity contribution in [3.63, 3.8) is 0 Å². The fourth-order valence-corrected chi connectivity index (χ4v) is 2.82. The zero-order valence-electron chi connectivity index (χ0n) is 18.0. The van der Waals surface area contributed by atoms with Crippen molar-refractivity contribution in [1.29, 1.82) is 0 Å². The van der Waals surface area contributed by atoms with Crippen molar-refractivity contribution in [3.8, 4) is 5.75 Å². The third-order valence-corrected chi connectivity index (χ3v) is 4.40. The monoisotopic (exact) mass is 431 g/mol. The molecular formula is C17H16ClF3N6O2. The van der Waals surface area contributed by atoms with Gasteiger partial charge in [0.05, 0.1) is 30.5 Å². The second-order valence-corrected chi connectivity index (χ2v) is 6.30. The molecule has 0 bridgehead atoms. The van der Waals surface area contributed by atoms with E-state index in [2.05, 4.69) is 20.4 Å². The molecule has 1 unspecified atom stereocenters. The first-order valence-electron chi connectivity index (χ1n) is 9.54. The molecule has 12 heteroatoms. The van der Waals surface area contributed by atoms with Crippen LogP contribution in [0.25, 0.3) is 5.52 Å². The van der Waals surface area contributed by atoms with Crippen LogP contribution in [0.4, 0.5) is 24.7 Å². The smallest absolute Gasteiger partial charge is 0.395 e. The molecule has 8 nitrogen and oxygen atoms in total. The lowest BCUT2D eigenvalue weighted by atomic mass is 10.0. The summed E-state index contributed by atoms with van der Waals surface area (Å²) >= 11 is 5.90. The lowest BCUT2D eigenvalue weighted by molar-refractivity contribution is -0.146. The van der Waals surface area contributed by atoms with Gasteiger partial charge in [0.2, 0.25) is 0 Å². The van der Waals surface area contributed by atoms with Crippen molar-refractivity contribution in [2.24, 2.45) is 0 Å². The number of aromatic nitrogens is 4. The van der Waals surface area contributed by atoms with E-state index in [1.165, 1.54) is 13.2 Å². The molecule has 154 valence electrons. The largest absolute Gasteiger partial charge is 0.491 e. The SMILES string of the molecule is [2H]C([2H])([2H])NC(=O)c1cnc(Cl)cc1Nc1ncn2ncc(C(C)C(F)(F)F)c2c1OC. The summed E-state index contributed by atoms with van der Waals surface area (Å²) in [5, 5.41) is 8.45. The van der Waals surface area contributed by atoms with Crippen molar-refractivity contribution in [3.05, 3.63) is 41.1 Å². The summed E-state index contributed by atoms with van der Waals surface area (Å²) in [6, 6.07) is 1.23. The Bertz CT molecular complexity index is 1170. The van der Waals surface area contributed by atoms with E-state index >= 15 is 0 Å². The van der Waals surface area contributed by atoms with Crippen LogP contribution in [0.5, 0.6) is 5.75 Å². The van der Waals surface area contributed by atoms with Crippen molar-refractivity contribution < 1.29 is 26.8 Å². The Balaban J connectivity index is 2.10. The van der Waals surface area contributed by atoms with Crippen LogP contribution in [0.15, 0.2) is 24.8 Å². The lowest BCUT2D eigenvalue weighted by Crippen LogP contribution is -2.19. The average molecular weight is 432 g/mol. The number of amides is 1. The molecule has 0 radical (unpaired) electrons. The van der Waals surface area contributed by atoms with Crippen molar-refractivity contribution in [1.82, 2.24) is 24.9 Å². The third-order valence-electron chi connectivity index (χ3n) is 4.19. The van der Waals surface area contributed by atoms with Gasteiger partial charge in [-0.15, -0.1) is 0 Å². The molecule has 1 atom stereocenters. The number of nitrogens with one attached hydrogen (secondary N) is 2. The zero-order chi connectivity index (χ0) is 23.8. The summed E-state index contributed by atoms with van der Waals surface area (Å²) in [6.07, 6.45) is -1.24. The number of pyridine rings is 1. The molecule has 0 fully saturated rings. The standard InChI is InChI=1S/C17H16ClF3N6O2/c1-8(17(19,20)21)9-6-25-27-7-24-15(14(29-3)13(9)27)26-11-4-12(18)23-5-10(11)16(28)22-2/h4-8H,1-3H3,(H,22,28)(H,23,26)/i2D3. The van der Waals surface area contributed by atoms with Gasteiger partial charge in [0.25, 0.3) is 5.91 Å². The fraction of sp³-hybridized carbons (Fsp3) is 0.294. The number of hydrogen-bond donors (Lipinski definition) is 2. The van der Waals surface area contributed by atoms with E-state index in [9.17, 15) is 18.0 Å². The molecule has 0 saturated heterocycles. The number of rotatable bonds is 5. The van der Waals surface area contributed by atoms with Gasteiger partial charge in [0.15, 0.2) is 11.6 Å². The maximum atomic E-state index is 13.3. The quantitative estimate of drug-likeness (QED) is 0.600. The highest BCUT2D eigenvalue weighted by molar-refractivity contribution is 6.29. The van der Waals surface area contributed by atoms with E-state index < -0.39 is 25.0 Å². The Labute approximate surface area is 172 Å². The van der Waals surface area contributed by atoms with E-state index in [4.69, 9.17) is 20.5 Å². The Morgan fingerprint density at radius 1 is 1.38 bits per heavy atom. The molecule has 1 amide bonds. The molecule has 3 aromatic heterocycles. The summed E-state index contributed by atoms with van der Waals surface area (Å²) in [7, 11) is 1.24. The van der Waals surface area contributed by atoms with Crippen molar-refractivity contribution >= 4 is 34.5 Å². The van der Waals surface area contributed by atoms with E-state index in [0.29, 0.717) is 0 Å². The van der Waals surface area contributed by atoms with E-state index in [0.717, 1.165) is 30.2 Å². The van der Waals surface area contributed by atoms with Crippen LogP contribution in [0, 0.1) is 0 Å². The Morgan fingerprint density at radius 3 is 2.79 bits per heavy atom. The van der Waals surface area contributed by atoms with Crippen molar-refractivity contribution in [2.75, 3.05) is 19.4 Å². The maximum Gasteiger partial charge on any atom is 0.395 e. The molecule has 3 rings (SSSR count). The van der Waals surface area contributed by atoms with Gasteiger partial charge in [-0.2, -0.15) is 18.3 Å².